The summed E-state index contributed by atoms with van der Waals surface area (Å²) in [5.74, 6) is 0. The van der Waals surface area contributed by atoms with Gasteiger partial charge in [-0.05, 0) is 31.0 Å². The van der Waals surface area contributed by atoms with Crippen LogP contribution in [0.1, 0.15) is 18.5 Å². The molecule has 110 valence electrons. The van der Waals surface area contributed by atoms with Gasteiger partial charge in [0.05, 0.1) is 18.3 Å². The summed E-state index contributed by atoms with van der Waals surface area (Å²) in [6.45, 7) is 0.218. The quantitative estimate of drug-likeness (QED) is 0.530. The lowest BCUT2D eigenvalue weighted by molar-refractivity contribution is 0.284. The fourth-order valence-corrected chi connectivity index (χ4v) is 3.08. The van der Waals surface area contributed by atoms with E-state index < -0.39 is 0 Å². The molecule has 0 unspecified atom stereocenters. The molecule has 7 nitrogen and oxygen atoms in total. The summed E-state index contributed by atoms with van der Waals surface area (Å²) in [6.07, 6.45) is 7.51. The van der Waals surface area contributed by atoms with Crippen molar-refractivity contribution in [1.82, 2.24) is 29.5 Å². The fraction of sp³-hybridized carbons (Fsp3) is 0.385. The van der Waals surface area contributed by atoms with E-state index in [1.54, 1.807) is 18.1 Å². The predicted octanol–water partition coefficient (Wildman–Crippen LogP) is 1.55. The smallest absolute Gasteiger partial charge is 0.181 e. The third kappa shape index (κ3) is 2.91. The summed E-state index contributed by atoms with van der Waals surface area (Å²) in [7, 11) is 1.97. The Morgan fingerprint density at radius 1 is 1.24 bits per heavy atom. The highest BCUT2D eigenvalue weighted by molar-refractivity contribution is 7.99. The minimum absolute atomic E-state index is 0.218. The minimum Gasteiger partial charge on any atom is -0.396 e. The van der Waals surface area contributed by atoms with Crippen molar-refractivity contribution in [3.8, 4) is 0 Å². The van der Waals surface area contributed by atoms with Gasteiger partial charge in [0.1, 0.15) is 21.9 Å². The Morgan fingerprint density at radius 3 is 3.00 bits per heavy atom. The van der Waals surface area contributed by atoms with Crippen LogP contribution in [0.2, 0.25) is 0 Å². The van der Waals surface area contributed by atoms with Gasteiger partial charge in [-0.2, -0.15) is 0 Å². The largest absolute Gasteiger partial charge is 0.396 e. The van der Waals surface area contributed by atoms with E-state index in [2.05, 4.69) is 24.9 Å². The number of nitrogens with zero attached hydrogens (tertiary/aromatic N) is 5. The van der Waals surface area contributed by atoms with Crippen LogP contribution in [-0.2, 0) is 13.5 Å². The summed E-state index contributed by atoms with van der Waals surface area (Å²) >= 11 is 1.56. The number of aryl methyl sites for hydroxylation is 2. The zero-order valence-corrected chi connectivity index (χ0v) is 12.5. The number of aliphatic hydroxyl groups is 1. The average Bonchev–Trinajstić information content (AvgIpc) is 3.09. The molecule has 0 saturated heterocycles. The lowest BCUT2D eigenvalue weighted by atomic mass is 10.2. The van der Waals surface area contributed by atoms with Crippen molar-refractivity contribution in [2.75, 3.05) is 6.61 Å². The Kier molecular flexibility index (Phi) is 4.16. The van der Waals surface area contributed by atoms with Gasteiger partial charge in [-0.15, -0.1) is 0 Å². The summed E-state index contributed by atoms with van der Waals surface area (Å²) in [4.78, 5) is 20.1. The second kappa shape index (κ2) is 6.23. The molecule has 8 heteroatoms. The van der Waals surface area contributed by atoms with Gasteiger partial charge in [-0.1, -0.05) is 0 Å². The molecule has 3 heterocycles. The molecule has 3 aromatic rings. The number of H-pyrrole nitrogens is 1. The molecule has 0 bridgehead atoms. The molecule has 0 fully saturated rings. The first-order valence-corrected chi connectivity index (χ1v) is 7.54. The molecule has 3 aromatic heterocycles. The third-order valence-corrected chi connectivity index (χ3v) is 4.38. The summed E-state index contributed by atoms with van der Waals surface area (Å²) in [5.41, 5.74) is 2.53. The van der Waals surface area contributed by atoms with E-state index >= 15 is 0 Å². The van der Waals surface area contributed by atoms with Crippen molar-refractivity contribution in [2.24, 2.45) is 7.05 Å². The molecule has 2 N–H and O–H groups in total. The molecule has 0 aromatic carbocycles. The number of unbranched alkanes of at least 4 members (excludes halogenated alkanes) is 1. The van der Waals surface area contributed by atoms with E-state index in [-0.39, 0.29) is 6.61 Å². The van der Waals surface area contributed by atoms with Crippen LogP contribution in [0.5, 0.6) is 0 Å². The number of aromatic amines is 1. The van der Waals surface area contributed by atoms with Crippen LogP contribution in [-0.4, -0.2) is 41.2 Å². The van der Waals surface area contributed by atoms with Crippen LogP contribution in [0.15, 0.2) is 29.0 Å². The third-order valence-electron chi connectivity index (χ3n) is 3.16. The maximum absolute atomic E-state index is 8.89. The molecule has 3 rings (SSSR count). The number of aromatic nitrogens is 6. The second-order valence-electron chi connectivity index (χ2n) is 4.67. The predicted molar refractivity (Wildman–Crippen MR) is 79.0 cm³/mol. The Hall–Kier alpha value is -1.93. The standard InChI is InChI=1S/C13H16N6OS/c1-19-8-18-9(4-2-3-5-20)13(19)21-12-10-11(15-6-14-10)16-7-17-12/h6-8,20H,2-5H2,1H3,(H,14,15,16,17). The van der Waals surface area contributed by atoms with Crippen LogP contribution < -0.4 is 0 Å². The fourth-order valence-electron chi connectivity index (χ4n) is 2.09. The van der Waals surface area contributed by atoms with Crippen molar-refractivity contribution < 1.29 is 5.11 Å². The van der Waals surface area contributed by atoms with Gasteiger partial charge in [0, 0.05) is 13.7 Å². The molecule has 0 aliphatic heterocycles. The SMILES string of the molecule is Cn1cnc(CCCCO)c1Sc1ncnc2nc[nH]c12. The first-order chi connectivity index (χ1) is 10.3. The number of rotatable bonds is 6. The normalized spacial score (nSPS) is 11.3. The number of nitrogens with one attached hydrogen (secondary N) is 1. The molecule has 0 radical (unpaired) electrons. The molecule has 0 atom stereocenters. The Labute approximate surface area is 125 Å². The van der Waals surface area contributed by atoms with Gasteiger partial charge >= 0.3 is 0 Å². The van der Waals surface area contributed by atoms with E-state index in [1.807, 2.05) is 17.9 Å². The van der Waals surface area contributed by atoms with Crippen molar-refractivity contribution in [3.63, 3.8) is 0 Å². The highest BCUT2D eigenvalue weighted by atomic mass is 32.2. The lowest BCUT2D eigenvalue weighted by Crippen LogP contribution is -1.95. The van der Waals surface area contributed by atoms with E-state index in [9.17, 15) is 0 Å². The van der Waals surface area contributed by atoms with E-state index in [1.165, 1.54) is 6.33 Å². The van der Waals surface area contributed by atoms with Crippen LogP contribution in [0.25, 0.3) is 11.2 Å². The highest BCUT2D eigenvalue weighted by Gasteiger charge is 2.14. The molecular formula is C13H16N6OS. The van der Waals surface area contributed by atoms with E-state index in [4.69, 9.17) is 5.11 Å². The van der Waals surface area contributed by atoms with E-state index in [0.717, 1.165) is 40.5 Å². The summed E-state index contributed by atoms with van der Waals surface area (Å²) < 4.78 is 1.99. The Bertz CT molecular complexity index is 737. The maximum Gasteiger partial charge on any atom is 0.181 e. The Morgan fingerprint density at radius 2 is 2.14 bits per heavy atom. The molecule has 21 heavy (non-hydrogen) atoms. The molecule has 0 saturated carbocycles. The summed E-state index contributed by atoms with van der Waals surface area (Å²) in [6, 6.07) is 0. The monoisotopic (exact) mass is 304 g/mol. The Balaban J connectivity index is 1.87. The molecular weight excluding hydrogens is 288 g/mol. The van der Waals surface area contributed by atoms with Crippen LogP contribution in [0, 0.1) is 0 Å². The number of fused-ring (bicyclic) bond motifs is 1. The molecule has 0 spiro atoms. The van der Waals surface area contributed by atoms with Crippen LogP contribution in [0.3, 0.4) is 0 Å². The average molecular weight is 304 g/mol. The molecule has 0 aliphatic rings. The first-order valence-electron chi connectivity index (χ1n) is 6.72. The second-order valence-corrected chi connectivity index (χ2v) is 5.65. The minimum atomic E-state index is 0.218. The topological polar surface area (TPSA) is 92.5 Å². The van der Waals surface area contributed by atoms with Gasteiger partial charge < -0.3 is 14.7 Å². The van der Waals surface area contributed by atoms with Crippen molar-refractivity contribution in [3.05, 3.63) is 24.7 Å². The number of hydrogen-bond acceptors (Lipinski definition) is 6. The van der Waals surface area contributed by atoms with Crippen molar-refractivity contribution >= 4 is 22.9 Å². The van der Waals surface area contributed by atoms with Crippen LogP contribution in [0.4, 0.5) is 0 Å². The highest BCUT2D eigenvalue weighted by Crippen LogP contribution is 2.31. The van der Waals surface area contributed by atoms with Gasteiger partial charge in [0.2, 0.25) is 0 Å². The number of hydrogen-bond donors (Lipinski definition) is 2. The van der Waals surface area contributed by atoms with Crippen LogP contribution >= 0.6 is 11.8 Å². The van der Waals surface area contributed by atoms with E-state index in [0.29, 0.717) is 5.65 Å². The zero-order valence-electron chi connectivity index (χ0n) is 11.7. The lowest BCUT2D eigenvalue weighted by Gasteiger charge is -2.05. The number of aliphatic hydroxyl groups excluding tert-OH is 1. The first kappa shape index (κ1) is 14.0. The molecule has 0 amide bonds. The van der Waals surface area contributed by atoms with Gasteiger partial charge in [-0.25, -0.2) is 19.9 Å². The van der Waals surface area contributed by atoms with Gasteiger partial charge in [-0.3, -0.25) is 0 Å². The zero-order chi connectivity index (χ0) is 14.7. The maximum atomic E-state index is 8.89. The number of imidazole rings is 2. The van der Waals surface area contributed by atoms with Gasteiger partial charge in [0.25, 0.3) is 0 Å². The molecule has 0 aliphatic carbocycles. The summed E-state index contributed by atoms with van der Waals surface area (Å²) in [5, 5.41) is 10.8. The van der Waals surface area contributed by atoms with Gasteiger partial charge in [0.15, 0.2) is 5.65 Å². The van der Waals surface area contributed by atoms with Crippen molar-refractivity contribution in [1.29, 1.82) is 0 Å². The van der Waals surface area contributed by atoms with Crippen molar-refractivity contribution in [2.45, 2.75) is 29.3 Å².